The summed E-state index contributed by atoms with van der Waals surface area (Å²) in [6.45, 7) is 8.66. The van der Waals surface area contributed by atoms with Crippen molar-refractivity contribution in [1.82, 2.24) is 9.97 Å². The van der Waals surface area contributed by atoms with Gasteiger partial charge in [0, 0.05) is 13.1 Å². The van der Waals surface area contributed by atoms with E-state index >= 15 is 0 Å². The second kappa shape index (κ2) is 6.34. The fourth-order valence-electron chi connectivity index (χ4n) is 2.75. The van der Waals surface area contributed by atoms with Crippen LogP contribution in [0.5, 0.6) is 0 Å². The van der Waals surface area contributed by atoms with Crippen LogP contribution in [-0.2, 0) is 9.47 Å². The average molecular weight is 313 g/mol. The standard InChI is InChI=1S/C14H21ClN4O2/c1-10-8-20-5-3-18(10)13-12(15)7-16-14(17-13)19-4-6-21-9-11(19)2/h7,10-11H,3-6,8-9H2,1-2H3/t10-,11+/m0/s1. The molecule has 0 unspecified atom stereocenters. The van der Waals surface area contributed by atoms with E-state index in [1.165, 1.54) is 0 Å². The molecule has 0 spiro atoms. The summed E-state index contributed by atoms with van der Waals surface area (Å²) in [5, 5.41) is 0.591. The van der Waals surface area contributed by atoms with Crippen molar-refractivity contribution < 1.29 is 9.47 Å². The number of ether oxygens (including phenoxy) is 2. The number of halogens is 1. The molecule has 3 heterocycles. The molecule has 2 atom stereocenters. The average Bonchev–Trinajstić information content (AvgIpc) is 2.49. The molecule has 0 aromatic carbocycles. The van der Waals surface area contributed by atoms with Crippen LogP contribution >= 0.6 is 11.6 Å². The fraction of sp³-hybridized carbons (Fsp3) is 0.714. The minimum atomic E-state index is 0.265. The molecular formula is C14H21ClN4O2. The van der Waals surface area contributed by atoms with Gasteiger partial charge in [-0.05, 0) is 13.8 Å². The molecule has 2 aliphatic heterocycles. The number of rotatable bonds is 2. The Morgan fingerprint density at radius 2 is 1.71 bits per heavy atom. The molecule has 2 fully saturated rings. The Balaban J connectivity index is 1.88. The van der Waals surface area contributed by atoms with E-state index in [9.17, 15) is 0 Å². The summed E-state index contributed by atoms with van der Waals surface area (Å²) in [5.41, 5.74) is 0. The fourth-order valence-corrected chi connectivity index (χ4v) is 2.95. The van der Waals surface area contributed by atoms with Crippen molar-refractivity contribution in [2.45, 2.75) is 25.9 Å². The highest BCUT2D eigenvalue weighted by atomic mass is 35.5. The lowest BCUT2D eigenvalue weighted by atomic mass is 10.2. The molecule has 2 saturated heterocycles. The molecule has 2 aliphatic rings. The Bertz CT molecular complexity index is 502. The van der Waals surface area contributed by atoms with Gasteiger partial charge in [0.1, 0.15) is 5.02 Å². The van der Waals surface area contributed by atoms with Gasteiger partial charge in [-0.2, -0.15) is 4.98 Å². The largest absolute Gasteiger partial charge is 0.377 e. The summed E-state index contributed by atoms with van der Waals surface area (Å²) in [7, 11) is 0. The van der Waals surface area contributed by atoms with Crippen molar-refractivity contribution in [3.05, 3.63) is 11.2 Å². The number of hydrogen-bond donors (Lipinski definition) is 0. The summed E-state index contributed by atoms with van der Waals surface area (Å²) in [6.07, 6.45) is 1.70. The van der Waals surface area contributed by atoms with Gasteiger partial charge in [-0.15, -0.1) is 0 Å². The highest BCUT2D eigenvalue weighted by Crippen LogP contribution is 2.28. The van der Waals surface area contributed by atoms with Crippen molar-refractivity contribution >= 4 is 23.4 Å². The normalized spacial score (nSPS) is 27.0. The van der Waals surface area contributed by atoms with Gasteiger partial charge in [0.15, 0.2) is 5.82 Å². The van der Waals surface area contributed by atoms with Crippen molar-refractivity contribution in [3.63, 3.8) is 0 Å². The first-order valence-corrected chi connectivity index (χ1v) is 7.76. The van der Waals surface area contributed by atoms with Gasteiger partial charge < -0.3 is 19.3 Å². The third-order valence-electron chi connectivity index (χ3n) is 3.98. The molecule has 0 N–H and O–H groups in total. The second-order valence-corrected chi connectivity index (χ2v) is 5.98. The molecule has 1 aromatic rings. The van der Waals surface area contributed by atoms with Crippen LogP contribution in [0.2, 0.25) is 5.02 Å². The quantitative estimate of drug-likeness (QED) is 0.826. The molecule has 0 radical (unpaired) electrons. The van der Waals surface area contributed by atoms with E-state index in [2.05, 4.69) is 28.6 Å². The van der Waals surface area contributed by atoms with Crippen molar-refractivity contribution in [2.24, 2.45) is 0 Å². The molecule has 0 aliphatic carbocycles. The Labute approximate surface area is 130 Å². The van der Waals surface area contributed by atoms with Crippen LogP contribution in [0.25, 0.3) is 0 Å². The van der Waals surface area contributed by atoms with Gasteiger partial charge in [0.05, 0.1) is 44.7 Å². The molecule has 6 nitrogen and oxygen atoms in total. The SMILES string of the molecule is C[C@@H]1COCCN1c1ncc(Cl)c(N2CCOC[C@@H]2C)n1. The Morgan fingerprint density at radius 1 is 1.10 bits per heavy atom. The number of anilines is 2. The molecule has 0 amide bonds. The maximum Gasteiger partial charge on any atom is 0.227 e. The van der Waals surface area contributed by atoms with Crippen LogP contribution in [0, 0.1) is 0 Å². The van der Waals surface area contributed by atoms with Gasteiger partial charge in [0.25, 0.3) is 0 Å². The number of morpholine rings is 2. The van der Waals surface area contributed by atoms with Gasteiger partial charge >= 0.3 is 0 Å². The Kier molecular flexibility index (Phi) is 4.47. The number of nitrogens with zero attached hydrogens (tertiary/aromatic N) is 4. The predicted molar refractivity (Wildman–Crippen MR) is 82.3 cm³/mol. The number of aromatic nitrogens is 2. The van der Waals surface area contributed by atoms with Crippen LogP contribution in [-0.4, -0.2) is 61.6 Å². The maximum atomic E-state index is 6.32. The molecule has 116 valence electrons. The van der Waals surface area contributed by atoms with E-state index in [0.717, 1.165) is 24.9 Å². The van der Waals surface area contributed by atoms with Crippen molar-refractivity contribution in [3.8, 4) is 0 Å². The summed E-state index contributed by atoms with van der Waals surface area (Å²) in [4.78, 5) is 13.5. The Hall–Kier alpha value is -1.11. The summed E-state index contributed by atoms with van der Waals surface area (Å²) >= 11 is 6.32. The first-order chi connectivity index (χ1) is 10.2. The third-order valence-corrected chi connectivity index (χ3v) is 4.24. The van der Waals surface area contributed by atoms with E-state index in [1.807, 2.05) is 0 Å². The molecule has 3 rings (SSSR count). The lowest BCUT2D eigenvalue weighted by Crippen LogP contribution is -2.46. The van der Waals surface area contributed by atoms with Gasteiger partial charge in [-0.1, -0.05) is 11.6 Å². The van der Waals surface area contributed by atoms with E-state index in [-0.39, 0.29) is 12.1 Å². The van der Waals surface area contributed by atoms with Crippen molar-refractivity contribution in [1.29, 1.82) is 0 Å². The van der Waals surface area contributed by atoms with Crippen LogP contribution < -0.4 is 9.80 Å². The minimum Gasteiger partial charge on any atom is -0.377 e. The summed E-state index contributed by atoms with van der Waals surface area (Å²) in [6, 6.07) is 0.538. The first-order valence-electron chi connectivity index (χ1n) is 7.38. The lowest BCUT2D eigenvalue weighted by Gasteiger charge is -2.36. The number of hydrogen-bond acceptors (Lipinski definition) is 6. The van der Waals surface area contributed by atoms with E-state index in [1.54, 1.807) is 6.20 Å². The van der Waals surface area contributed by atoms with E-state index in [0.29, 0.717) is 31.5 Å². The van der Waals surface area contributed by atoms with E-state index in [4.69, 9.17) is 26.1 Å². The Morgan fingerprint density at radius 3 is 2.33 bits per heavy atom. The molecule has 1 aromatic heterocycles. The minimum absolute atomic E-state index is 0.265. The highest BCUT2D eigenvalue weighted by Gasteiger charge is 2.26. The first kappa shape index (κ1) is 14.8. The van der Waals surface area contributed by atoms with E-state index < -0.39 is 0 Å². The zero-order valence-corrected chi connectivity index (χ0v) is 13.2. The maximum absolute atomic E-state index is 6.32. The van der Waals surface area contributed by atoms with Gasteiger partial charge in [-0.25, -0.2) is 4.98 Å². The monoisotopic (exact) mass is 312 g/mol. The second-order valence-electron chi connectivity index (χ2n) is 5.58. The third kappa shape index (κ3) is 3.07. The lowest BCUT2D eigenvalue weighted by molar-refractivity contribution is 0.0972. The van der Waals surface area contributed by atoms with Gasteiger partial charge in [-0.3, -0.25) is 0 Å². The highest BCUT2D eigenvalue weighted by molar-refractivity contribution is 6.32. The summed E-state index contributed by atoms with van der Waals surface area (Å²) in [5.74, 6) is 1.53. The topological polar surface area (TPSA) is 50.7 Å². The molecule has 0 saturated carbocycles. The van der Waals surface area contributed by atoms with Crippen LogP contribution in [0.3, 0.4) is 0 Å². The smallest absolute Gasteiger partial charge is 0.227 e. The molecule has 21 heavy (non-hydrogen) atoms. The molecule has 0 bridgehead atoms. The van der Waals surface area contributed by atoms with Crippen LogP contribution in [0.15, 0.2) is 6.20 Å². The zero-order valence-electron chi connectivity index (χ0n) is 12.5. The molecule has 7 heteroatoms. The zero-order chi connectivity index (χ0) is 14.8. The van der Waals surface area contributed by atoms with Crippen LogP contribution in [0.4, 0.5) is 11.8 Å². The van der Waals surface area contributed by atoms with Crippen LogP contribution in [0.1, 0.15) is 13.8 Å². The predicted octanol–water partition coefficient (Wildman–Crippen LogP) is 1.58. The summed E-state index contributed by atoms with van der Waals surface area (Å²) < 4.78 is 11.0. The van der Waals surface area contributed by atoms with Crippen molar-refractivity contribution in [2.75, 3.05) is 49.3 Å². The molecular weight excluding hydrogens is 292 g/mol. The van der Waals surface area contributed by atoms with Gasteiger partial charge in [0.2, 0.25) is 5.95 Å².